The van der Waals surface area contributed by atoms with E-state index in [9.17, 15) is 19.5 Å². The summed E-state index contributed by atoms with van der Waals surface area (Å²) < 4.78 is 4.34. The molecule has 0 aliphatic carbocycles. The molecule has 0 bridgehead atoms. The fourth-order valence-electron chi connectivity index (χ4n) is 4.52. The molecule has 174 valence electrons. The van der Waals surface area contributed by atoms with Gasteiger partial charge in [0.1, 0.15) is 17.3 Å². The molecule has 9 heteroatoms. The minimum absolute atomic E-state index is 0.0739. The van der Waals surface area contributed by atoms with Crippen molar-refractivity contribution in [3.63, 3.8) is 0 Å². The lowest BCUT2D eigenvalue weighted by molar-refractivity contribution is -0.134. The van der Waals surface area contributed by atoms with Gasteiger partial charge in [-0.05, 0) is 51.7 Å². The van der Waals surface area contributed by atoms with E-state index in [-0.39, 0.29) is 23.3 Å². The second-order valence-corrected chi connectivity index (χ2v) is 9.25. The Morgan fingerprint density at radius 2 is 1.94 bits per heavy atom. The normalized spacial score (nSPS) is 21.2. The molecule has 1 aromatic heterocycles. The van der Waals surface area contributed by atoms with Crippen LogP contribution in [0.2, 0.25) is 0 Å². The van der Waals surface area contributed by atoms with Gasteiger partial charge in [0.15, 0.2) is 0 Å². The molecule has 3 heterocycles. The molecule has 0 saturated carbocycles. The van der Waals surface area contributed by atoms with E-state index in [1.165, 1.54) is 13.3 Å². The summed E-state index contributed by atoms with van der Waals surface area (Å²) in [7, 11) is 1.27. The average Bonchev–Trinajstić information content (AvgIpc) is 3.40. The first-order chi connectivity index (χ1) is 15.1. The molecule has 2 aliphatic rings. The van der Waals surface area contributed by atoms with Crippen molar-refractivity contribution in [3.05, 3.63) is 29.6 Å². The number of ether oxygens (including phenoxy) is 1. The third kappa shape index (κ3) is 3.91. The highest BCUT2D eigenvalue weighted by Crippen LogP contribution is 2.46. The number of methoxy groups -OCH3 is 1. The highest BCUT2D eigenvalue weighted by atomic mass is 16.5. The Kier molecular flexibility index (Phi) is 6.71. The Labute approximate surface area is 188 Å². The van der Waals surface area contributed by atoms with E-state index in [0.717, 1.165) is 25.9 Å². The molecule has 9 nitrogen and oxygen atoms in total. The van der Waals surface area contributed by atoms with Gasteiger partial charge in [-0.25, -0.2) is 9.78 Å². The maximum absolute atomic E-state index is 12.9. The quantitative estimate of drug-likeness (QED) is 0.512. The molecule has 32 heavy (non-hydrogen) atoms. The van der Waals surface area contributed by atoms with Gasteiger partial charge in [0.2, 0.25) is 5.91 Å². The fourth-order valence-corrected chi connectivity index (χ4v) is 4.52. The third-order valence-corrected chi connectivity index (χ3v) is 6.37. The molecule has 2 aliphatic heterocycles. The number of rotatable bonds is 6. The molecule has 3 rings (SSSR count). The number of carbonyl (C=O) groups excluding carboxylic acids is 2. The number of esters is 1. The molecular weight excluding hydrogens is 412 g/mol. The third-order valence-electron chi connectivity index (χ3n) is 6.37. The zero-order chi connectivity index (χ0) is 23.7. The lowest BCUT2D eigenvalue weighted by atomic mass is 10.0. The van der Waals surface area contributed by atoms with Crippen LogP contribution in [0.15, 0.2) is 18.5 Å². The van der Waals surface area contributed by atoms with E-state index in [2.05, 4.69) is 10.3 Å². The zero-order valence-electron chi connectivity index (χ0n) is 19.5. The molecule has 2 amide bonds. The fraction of sp³-hybridized carbons (Fsp3) is 0.565. The summed E-state index contributed by atoms with van der Waals surface area (Å²) in [6.07, 6.45) is 4.51. The van der Waals surface area contributed by atoms with Crippen molar-refractivity contribution in [2.45, 2.75) is 65.1 Å². The van der Waals surface area contributed by atoms with Gasteiger partial charge in [-0.15, -0.1) is 4.48 Å². The molecule has 2 N–H and O–H groups in total. The second kappa shape index (κ2) is 8.99. The number of aromatic nitrogens is 1. The van der Waals surface area contributed by atoms with Crippen LogP contribution in [0.3, 0.4) is 0 Å². The summed E-state index contributed by atoms with van der Waals surface area (Å²) in [4.78, 5) is 44.3. The number of quaternary nitrogens is 1. The Hall–Kier alpha value is -2.78. The lowest BCUT2D eigenvalue weighted by Crippen LogP contribution is -2.60. The van der Waals surface area contributed by atoms with Crippen molar-refractivity contribution < 1.29 is 24.2 Å². The maximum Gasteiger partial charge on any atom is 0.525 e. The summed E-state index contributed by atoms with van der Waals surface area (Å²) in [5.74, 6) is -0.278. The van der Waals surface area contributed by atoms with Crippen LogP contribution in [0, 0.1) is 0 Å². The molecule has 2 atom stereocenters. The van der Waals surface area contributed by atoms with Gasteiger partial charge in [-0.1, -0.05) is 6.92 Å². The van der Waals surface area contributed by atoms with E-state index >= 15 is 0 Å². The smallest absolute Gasteiger partial charge is 0.465 e. The number of fused-ring (bicyclic) bond motifs is 1. The number of amides is 2. The van der Waals surface area contributed by atoms with Crippen molar-refractivity contribution in [3.8, 4) is 0 Å². The van der Waals surface area contributed by atoms with Crippen LogP contribution in [0.5, 0.6) is 0 Å². The number of likely N-dealkylation sites (tertiary alicyclic amines) is 1. The number of hydrogen-bond donors (Lipinski definition) is 2. The van der Waals surface area contributed by atoms with E-state index in [0.29, 0.717) is 24.1 Å². The number of pyridine rings is 1. The minimum atomic E-state index is -1.13. The monoisotopic (exact) mass is 445 g/mol. The maximum atomic E-state index is 12.9. The van der Waals surface area contributed by atoms with Gasteiger partial charge < -0.3 is 20.1 Å². The van der Waals surface area contributed by atoms with Gasteiger partial charge >= 0.3 is 12.1 Å². The lowest BCUT2D eigenvalue weighted by Gasteiger charge is -2.37. The van der Waals surface area contributed by atoms with Gasteiger partial charge in [0.25, 0.3) is 5.82 Å². The highest BCUT2D eigenvalue weighted by Gasteiger charge is 2.57. The van der Waals surface area contributed by atoms with Crippen molar-refractivity contribution >= 4 is 29.4 Å². The van der Waals surface area contributed by atoms with E-state index in [4.69, 9.17) is 4.74 Å². The topological polar surface area (TPSA) is 109 Å². The van der Waals surface area contributed by atoms with Crippen molar-refractivity contribution in [2.24, 2.45) is 0 Å². The van der Waals surface area contributed by atoms with Crippen molar-refractivity contribution in [1.29, 1.82) is 0 Å². The van der Waals surface area contributed by atoms with Crippen LogP contribution in [0.4, 0.5) is 10.6 Å². The van der Waals surface area contributed by atoms with Gasteiger partial charge in [-0.3, -0.25) is 4.79 Å². The average molecular weight is 446 g/mol. The Morgan fingerprint density at radius 3 is 2.47 bits per heavy atom. The van der Waals surface area contributed by atoms with Crippen LogP contribution >= 0.6 is 0 Å². The summed E-state index contributed by atoms with van der Waals surface area (Å²) in [6, 6.07) is 1.39. The zero-order valence-corrected chi connectivity index (χ0v) is 19.5. The number of nitrogens with zero attached hydrogens (tertiary/aromatic N) is 3. The van der Waals surface area contributed by atoms with Crippen LogP contribution in [-0.2, 0) is 20.9 Å². The number of carbonyl (C=O) groups is 3. The molecule has 1 unspecified atom stereocenters. The minimum Gasteiger partial charge on any atom is -0.465 e. The van der Waals surface area contributed by atoms with Crippen LogP contribution in [0.25, 0.3) is 5.57 Å². The summed E-state index contributed by atoms with van der Waals surface area (Å²) >= 11 is 0. The first-order valence-corrected chi connectivity index (χ1v) is 11.0. The summed E-state index contributed by atoms with van der Waals surface area (Å²) in [5, 5.41) is 13.5. The van der Waals surface area contributed by atoms with E-state index in [1.807, 2.05) is 11.8 Å². The molecule has 0 aromatic carbocycles. The molecule has 1 fully saturated rings. The molecule has 1 aromatic rings. The van der Waals surface area contributed by atoms with Crippen molar-refractivity contribution in [1.82, 2.24) is 19.7 Å². The van der Waals surface area contributed by atoms with Crippen molar-refractivity contribution in [2.75, 3.05) is 20.2 Å². The molecule has 0 radical (unpaired) electrons. The van der Waals surface area contributed by atoms with Crippen LogP contribution in [-0.4, -0.2) is 64.7 Å². The first kappa shape index (κ1) is 23.9. The summed E-state index contributed by atoms with van der Waals surface area (Å²) in [5.41, 5.74) is 0.508. The van der Waals surface area contributed by atoms with E-state index < -0.39 is 22.1 Å². The Bertz CT molecular complexity index is 946. The van der Waals surface area contributed by atoms with Crippen LogP contribution in [0.1, 0.15) is 58.1 Å². The number of nitrogens with one attached hydrogen (secondary N) is 1. The van der Waals surface area contributed by atoms with Gasteiger partial charge in [0.05, 0.1) is 18.7 Å². The SMILES string of the molecule is CC[C@H](NCc1ccnc2c1C(C(=O)OC)=C[N+]2(C(=O)O)C(C)(C)C)C(=O)N1CCCC1. The largest absolute Gasteiger partial charge is 0.525 e. The summed E-state index contributed by atoms with van der Waals surface area (Å²) in [6.45, 7) is 9.17. The second-order valence-electron chi connectivity index (χ2n) is 9.25. The predicted octanol–water partition coefficient (Wildman–Crippen LogP) is 2.88. The highest BCUT2D eigenvalue weighted by molar-refractivity contribution is 6.21. The molecule has 1 saturated heterocycles. The predicted molar refractivity (Wildman–Crippen MR) is 121 cm³/mol. The Balaban J connectivity index is 2.01. The van der Waals surface area contributed by atoms with Gasteiger partial charge in [0, 0.05) is 25.8 Å². The van der Waals surface area contributed by atoms with Crippen LogP contribution < -0.4 is 9.80 Å². The Morgan fingerprint density at radius 1 is 1.28 bits per heavy atom. The van der Waals surface area contributed by atoms with Gasteiger partial charge in [-0.2, -0.15) is 4.79 Å². The first-order valence-electron chi connectivity index (χ1n) is 11.0. The molecular formula is C23H33N4O5+. The number of carboxylic acid groups (broad SMARTS) is 1. The number of hydrogen-bond acceptors (Lipinski definition) is 6. The standard InChI is InChI=1S/C23H32N4O5/c1-6-17(20(28)26-11-7-8-12-26)25-13-15-9-10-24-19-18(15)16(21(29)32-5)14-27(19,22(30)31)23(2,3)4/h9-10,14,17,25H,6-8,11-13H2,1-5H3/p+1/t17-,27?/m0/s1. The van der Waals surface area contributed by atoms with E-state index in [1.54, 1.807) is 33.0 Å². The molecule has 0 spiro atoms.